The summed E-state index contributed by atoms with van der Waals surface area (Å²) in [5.74, 6) is 1.28. The highest BCUT2D eigenvalue weighted by atomic mass is 32.2. The van der Waals surface area contributed by atoms with Gasteiger partial charge in [0.1, 0.15) is 0 Å². The summed E-state index contributed by atoms with van der Waals surface area (Å²) in [5.41, 5.74) is 0.265. The van der Waals surface area contributed by atoms with Crippen molar-refractivity contribution in [1.29, 1.82) is 0 Å². The van der Waals surface area contributed by atoms with Gasteiger partial charge in [-0.25, -0.2) is 0 Å². The van der Waals surface area contributed by atoms with Crippen LogP contribution in [0.1, 0.15) is 41.0 Å². The van der Waals surface area contributed by atoms with E-state index in [2.05, 4.69) is 51.7 Å². The first-order valence-corrected chi connectivity index (χ1v) is 5.87. The van der Waals surface area contributed by atoms with Crippen molar-refractivity contribution in [3.05, 3.63) is 0 Å². The summed E-state index contributed by atoms with van der Waals surface area (Å²) in [4.78, 5) is 0. The number of nitrogens with one attached hydrogen (secondary N) is 1. The predicted molar refractivity (Wildman–Crippen MR) is 60.0 cm³/mol. The van der Waals surface area contributed by atoms with Crippen LogP contribution in [0.4, 0.5) is 0 Å². The van der Waals surface area contributed by atoms with E-state index in [9.17, 15) is 0 Å². The second-order valence-corrected chi connectivity index (χ2v) is 5.86. The maximum absolute atomic E-state index is 3.51. The molecule has 0 amide bonds. The summed E-state index contributed by atoms with van der Waals surface area (Å²) in [6, 6.07) is 0. The maximum atomic E-state index is 3.51. The molecule has 0 spiro atoms. The Kier molecular flexibility index (Phi) is 6.02. The minimum absolute atomic E-state index is 0.265. The molecule has 0 aromatic carbocycles. The van der Waals surface area contributed by atoms with E-state index in [-0.39, 0.29) is 5.54 Å². The topological polar surface area (TPSA) is 12.0 Å². The van der Waals surface area contributed by atoms with Crippen molar-refractivity contribution in [2.45, 2.75) is 51.8 Å². The highest BCUT2D eigenvalue weighted by Gasteiger charge is 2.10. The van der Waals surface area contributed by atoms with Gasteiger partial charge in [0.2, 0.25) is 0 Å². The van der Waals surface area contributed by atoms with Crippen molar-refractivity contribution in [1.82, 2.24) is 5.32 Å². The summed E-state index contributed by atoms with van der Waals surface area (Å²) >= 11 is 2.05. The van der Waals surface area contributed by atoms with E-state index in [1.807, 2.05) is 0 Å². The molecule has 0 heterocycles. The third kappa shape index (κ3) is 8.41. The standard InChI is InChI=1S/C10H23NS/c1-6-7-12-9(2)8-11-10(3,4)5/h9,11H,6-8H2,1-5H3. The average molecular weight is 189 g/mol. The zero-order valence-electron chi connectivity index (χ0n) is 9.11. The molecule has 1 atom stereocenters. The molecular formula is C10H23NS. The Morgan fingerprint density at radius 1 is 1.33 bits per heavy atom. The summed E-state index contributed by atoms with van der Waals surface area (Å²) in [5, 5.41) is 4.25. The van der Waals surface area contributed by atoms with Gasteiger partial charge in [-0.15, -0.1) is 0 Å². The van der Waals surface area contributed by atoms with Gasteiger partial charge in [0.15, 0.2) is 0 Å². The lowest BCUT2D eigenvalue weighted by Crippen LogP contribution is -2.39. The zero-order valence-corrected chi connectivity index (χ0v) is 9.92. The Morgan fingerprint density at radius 2 is 1.92 bits per heavy atom. The van der Waals surface area contributed by atoms with E-state index in [1.54, 1.807) is 0 Å². The van der Waals surface area contributed by atoms with Crippen molar-refractivity contribution >= 4 is 11.8 Å². The SMILES string of the molecule is CCCSC(C)CNC(C)(C)C. The van der Waals surface area contributed by atoms with Gasteiger partial charge in [0.25, 0.3) is 0 Å². The zero-order chi connectivity index (χ0) is 9.61. The minimum atomic E-state index is 0.265. The van der Waals surface area contributed by atoms with Crippen LogP contribution in [0.15, 0.2) is 0 Å². The van der Waals surface area contributed by atoms with E-state index >= 15 is 0 Å². The van der Waals surface area contributed by atoms with Crippen LogP contribution in [-0.4, -0.2) is 23.1 Å². The van der Waals surface area contributed by atoms with E-state index in [0.717, 1.165) is 11.8 Å². The predicted octanol–water partition coefficient (Wildman–Crippen LogP) is 2.91. The fourth-order valence-electron chi connectivity index (χ4n) is 0.828. The molecule has 1 unspecified atom stereocenters. The molecule has 0 rings (SSSR count). The lowest BCUT2D eigenvalue weighted by Gasteiger charge is -2.23. The Labute approximate surface area is 81.7 Å². The molecule has 0 aromatic heterocycles. The van der Waals surface area contributed by atoms with Gasteiger partial charge in [-0.1, -0.05) is 13.8 Å². The van der Waals surface area contributed by atoms with Crippen LogP contribution in [0, 0.1) is 0 Å². The molecule has 0 aliphatic carbocycles. The smallest absolute Gasteiger partial charge is 0.0144 e. The first kappa shape index (κ1) is 12.3. The van der Waals surface area contributed by atoms with Gasteiger partial charge in [0, 0.05) is 17.3 Å². The summed E-state index contributed by atoms with van der Waals surface area (Å²) in [6.07, 6.45) is 1.28. The lowest BCUT2D eigenvalue weighted by molar-refractivity contribution is 0.429. The molecule has 12 heavy (non-hydrogen) atoms. The normalized spacial score (nSPS) is 14.8. The molecule has 2 heteroatoms. The second kappa shape index (κ2) is 5.87. The minimum Gasteiger partial charge on any atom is -0.311 e. The van der Waals surface area contributed by atoms with Crippen LogP contribution in [-0.2, 0) is 0 Å². The van der Waals surface area contributed by atoms with Crippen LogP contribution >= 0.6 is 11.8 Å². The molecule has 1 nitrogen and oxygen atoms in total. The van der Waals surface area contributed by atoms with Crippen molar-refractivity contribution < 1.29 is 0 Å². The fourth-order valence-corrected chi connectivity index (χ4v) is 1.67. The maximum Gasteiger partial charge on any atom is 0.0144 e. The summed E-state index contributed by atoms with van der Waals surface area (Å²) in [6.45, 7) is 12.3. The van der Waals surface area contributed by atoms with Gasteiger partial charge in [-0.05, 0) is 32.9 Å². The molecule has 0 saturated carbocycles. The fraction of sp³-hybridized carbons (Fsp3) is 1.00. The summed E-state index contributed by atoms with van der Waals surface area (Å²) < 4.78 is 0. The van der Waals surface area contributed by atoms with Crippen molar-refractivity contribution in [3.8, 4) is 0 Å². The van der Waals surface area contributed by atoms with Gasteiger partial charge in [-0.3, -0.25) is 0 Å². The molecule has 0 fully saturated rings. The Bertz CT molecular complexity index is 107. The molecule has 0 radical (unpaired) electrons. The molecule has 0 bridgehead atoms. The van der Waals surface area contributed by atoms with Crippen LogP contribution in [0.3, 0.4) is 0 Å². The van der Waals surface area contributed by atoms with E-state index < -0.39 is 0 Å². The molecular weight excluding hydrogens is 166 g/mol. The van der Waals surface area contributed by atoms with Crippen molar-refractivity contribution in [3.63, 3.8) is 0 Å². The summed E-state index contributed by atoms with van der Waals surface area (Å²) in [7, 11) is 0. The van der Waals surface area contributed by atoms with Crippen LogP contribution in [0.2, 0.25) is 0 Å². The molecule has 0 aliphatic heterocycles. The number of rotatable bonds is 5. The van der Waals surface area contributed by atoms with Crippen LogP contribution in [0.5, 0.6) is 0 Å². The first-order valence-electron chi connectivity index (χ1n) is 4.82. The highest BCUT2D eigenvalue weighted by molar-refractivity contribution is 7.99. The molecule has 0 saturated heterocycles. The lowest BCUT2D eigenvalue weighted by atomic mass is 10.1. The molecule has 0 aliphatic rings. The van der Waals surface area contributed by atoms with E-state index in [1.165, 1.54) is 12.2 Å². The van der Waals surface area contributed by atoms with Crippen LogP contribution < -0.4 is 5.32 Å². The van der Waals surface area contributed by atoms with E-state index in [0.29, 0.717) is 0 Å². The first-order chi connectivity index (χ1) is 5.45. The van der Waals surface area contributed by atoms with Crippen molar-refractivity contribution in [2.24, 2.45) is 0 Å². The number of hydrogen-bond donors (Lipinski definition) is 1. The van der Waals surface area contributed by atoms with Gasteiger partial charge >= 0.3 is 0 Å². The van der Waals surface area contributed by atoms with Crippen molar-refractivity contribution in [2.75, 3.05) is 12.3 Å². The Balaban J connectivity index is 3.37. The second-order valence-electron chi connectivity index (χ2n) is 4.31. The largest absolute Gasteiger partial charge is 0.311 e. The van der Waals surface area contributed by atoms with Gasteiger partial charge in [-0.2, -0.15) is 11.8 Å². The highest BCUT2D eigenvalue weighted by Crippen LogP contribution is 2.11. The van der Waals surface area contributed by atoms with E-state index in [4.69, 9.17) is 0 Å². The van der Waals surface area contributed by atoms with Gasteiger partial charge < -0.3 is 5.32 Å². The number of hydrogen-bond acceptors (Lipinski definition) is 2. The monoisotopic (exact) mass is 189 g/mol. The Hall–Kier alpha value is 0.310. The quantitative estimate of drug-likeness (QED) is 0.713. The molecule has 74 valence electrons. The Morgan fingerprint density at radius 3 is 2.33 bits per heavy atom. The van der Waals surface area contributed by atoms with Crippen LogP contribution in [0.25, 0.3) is 0 Å². The average Bonchev–Trinajstić information content (AvgIpc) is 1.95. The molecule has 0 aromatic rings. The third-order valence-corrected chi connectivity index (χ3v) is 2.91. The third-order valence-electron chi connectivity index (χ3n) is 1.53. The van der Waals surface area contributed by atoms with Gasteiger partial charge in [0.05, 0.1) is 0 Å². The number of thioether (sulfide) groups is 1. The molecule has 1 N–H and O–H groups in total.